The molecule has 0 radical (unpaired) electrons. The van der Waals surface area contributed by atoms with E-state index in [-0.39, 0.29) is 16.2 Å². The maximum atomic E-state index is 12.0. The number of carbonyl (C=O) groups excluding carboxylic acids is 1. The van der Waals surface area contributed by atoms with Gasteiger partial charge in [0.25, 0.3) is 0 Å². The molecule has 2 N–H and O–H groups in total. The van der Waals surface area contributed by atoms with E-state index in [0.29, 0.717) is 13.0 Å². The van der Waals surface area contributed by atoms with Gasteiger partial charge in [0.1, 0.15) is 0 Å². The van der Waals surface area contributed by atoms with Crippen LogP contribution in [0.4, 0.5) is 0 Å². The van der Waals surface area contributed by atoms with Gasteiger partial charge in [0.05, 0.1) is 0 Å². The smallest absolute Gasteiger partial charge is 0.307 e. The van der Waals surface area contributed by atoms with E-state index < -0.39 is 0 Å². The van der Waals surface area contributed by atoms with Crippen molar-refractivity contribution in [1.82, 2.24) is 15.2 Å². The zero-order valence-electron chi connectivity index (χ0n) is 13.1. The first kappa shape index (κ1) is 16.2. The molecule has 2 rings (SSSR count). The molecule has 1 aromatic rings. The summed E-state index contributed by atoms with van der Waals surface area (Å²) in [5, 5.41) is 6.37. The van der Waals surface area contributed by atoms with Crippen LogP contribution >= 0.6 is 11.3 Å². The summed E-state index contributed by atoms with van der Waals surface area (Å²) in [5.74, 6) is 0.0323. The van der Waals surface area contributed by atoms with Crippen molar-refractivity contribution in [1.29, 1.82) is 0 Å². The molecule has 1 saturated heterocycles. The van der Waals surface area contributed by atoms with Crippen molar-refractivity contribution in [3.8, 4) is 0 Å². The minimum Gasteiger partial charge on any atom is -0.355 e. The van der Waals surface area contributed by atoms with Crippen LogP contribution in [0.3, 0.4) is 0 Å². The number of aryl methyl sites for hydroxylation is 1. The normalized spacial score (nSPS) is 17.7. The Labute approximate surface area is 129 Å². The lowest BCUT2D eigenvalue weighted by atomic mass is 9.81. The van der Waals surface area contributed by atoms with E-state index >= 15 is 0 Å². The number of thiazole rings is 1. The number of aromatic nitrogens is 1. The molecule has 0 aliphatic carbocycles. The Kier molecular flexibility index (Phi) is 5.22. The fourth-order valence-electron chi connectivity index (χ4n) is 2.67. The summed E-state index contributed by atoms with van der Waals surface area (Å²) >= 11 is 1.25. The van der Waals surface area contributed by atoms with Crippen LogP contribution in [0.2, 0.25) is 0 Å². The number of nitrogens with one attached hydrogen (secondary N) is 2. The van der Waals surface area contributed by atoms with Crippen molar-refractivity contribution in [2.45, 2.75) is 46.6 Å². The fourth-order valence-corrected chi connectivity index (χ4v) is 3.52. The Morgan fingerprint density at radius 2 is 2.05 bits per heavy atom. The maximum absolute atomic E-state index is 12.0. The van der Waals surface area contributed by atoms with Gasteiger partial charge in [0.15, 0.2) is 0 Å². The first-order valence-corrected chi connectivity index (χ1v) is 8.37. The quantitative estimate of drug-likeness (QED) is 0.864. The Morgan fingerprint density at radius 1 is 1.38 bits per heavy atom. The van der Waals surface area contributed by atoms with Crippen molar-refractivity contribution in [3.05, 3.63) is 20.2 Å². The fraction of sp³-hybridized carbons (Fsp3) is 0.733. The summed E-state index contributed by atoms with van der Waals surface area (Å²) < 4.78 is 1.70. The van der Waals surface area contributed by atoms with Crippen LogP contribution in [-0.2, 0) is 11.3 Å². The minimum absolute atomic E-state index is 0.0307. The van der Waals surface area contributed by atoms with Gasteiger partial charge in [-0.2, -0.15) is 0 Å². The van der Waals surface area contributed by atoms with Crippen molar-refractivity contribution in [3.63, 3.8) is 0 Å². The van der Waals surface area contributed by atoms with Crippen molar-refractivity contribution in [2.24, 2.45) is 5.41 Å². The molecule has 0 atom stereocenters. The van der Waals surface area contributed by atoms with Crippen LogP contribution in [0.15, 0.2) is 4.79 Å². The van der Waals surface area contributed by atoms with Gasteiger partial charge < -0.3 is 15.2 Å². The zero-order chi connectivity index (χ0) is 15.5. The van der Waals surface area contributed by atoms with Gasteiger partial charge in [-0.05, 0) is 45.2 Å². The molecular formula is C15H25N3O2S. The second-order valence-electron chi connectivity index (χ2n) is 6.25. The molecule has 0 saturated carbocycles. The number of amides is 1. The third-order valence-electron chi connectivity index (χ3n) is 4.46. The number of carbonyl (C=O) groups is 1. The third kappa shape index (κ3) is 4.17. The molecule has 5 nitrogen and oxygen atoms in total. The molecular weight excluding hydrogens is 286 g/mol. The zero-order valence-corrected chi connectivity index (χ0v) is 13.9. The Morgan fingerprint density at radius 3 is 2.62 bits per heavy atom. The summed E-state index contributed by atoms with van der Waals surface area (Å²) in [5.41, 5.74) is 1.18. The first-order chi connectivity index (χ1) is 9.91. The average Bonchev–Trinajstić information content (AvgIpc) is 2.69. The minimum atomic E-state index is 0.0307. The monoisotopic (exact) mass is 311 g/mol. The molecule has 1 amide bonds. The van der Waals surface area contributed by atoms with Gasteiger partial charge in [-0.25, -0.2) is 0 Å². The van der Waals surface area contributed by atoms with Gasteiger partial charge in [-0.1, -0.05) is 18.3 Å². The molecule has 0 spiro atoms. The van der Waals surface area contributed by atoms with Crippen molar-refractivity contribution >= 4 is 17.2 Å². The number of hydrogen-bond acceptors (Lipinski definition) is 4. The maximum Gasteiger partial charge on any atom is 0.307 e. The molecule has 1 aliphatic heterocycles. The van der Waals surface area contributed by atoms with Crippen molar-refractivity contribution < 1.29 is 4.79 Å². The van der Waals surface area contributed by atoms with Gasteiger partial charge in [0, 0.05) is 30.1 Å². The predicted molar refractivity (Wildman–Crippen MR) is 85.9 cm³/mol. The van der Waals surface area contributed by atoms with E-state index in [4.69, 9.17) is 0 Å². The molecule has 6 heteroatoms. The molecule has 0 aromatic carbocycles. The highest BCUT2D eigenvalue weighted by Crippen LogP contribution is 2.26. The second-order valence-corrected chi connectivity index (χ2v) is 7.41. The molecule has 1 fully saturated rings. The number of piperidine rings is 1. The van der Waals surface area contributed by atoms with E-state index in [9.17, 15) is 9.59 Å². The summed E-state index contributed by atoms with van der Waals surface area (Å²) in [4.78, 5) is 24.8. The highest BCUT2D eigenvalue weighted by atomic mass is 32.1. The SMILES string of the molecule is Cc1sc(=O)n(CCC(=O)NCC2(C)CCNCC2)c1C. The first-order valence-electron chi connectivity index (χ1n) is 7.55. The summed E-state index contributed by atoms with van der Waals surface area (Å²) in [7, 11) is 0. The lowest BCUT2D eigenvalue weighted by Gasteiger charge is -2.34. The Balaban J connectivity index is 1.81. The summed E-state index contributed by atoms with van der Waals surface area (Å²) in [6.45, 7) is 9.34. The molecule has 0 unspecified atom stereocenters. The van der Waals surface area contributed by atoms with E-state index in [1.807, 2.05) is 13.8 Å². The number of rotatable bonds is 5. The third-order valence-corrected chi connectivity index (χ3v) is 5.46. The topological polar surface area (TPSA) is 63.1 Å². The summed E-state index contributed by atoms with van der Waals surface area (Å²) in [6, 6.07) is 0. The van der Waals surface area contributed by atoms with Crippen molar-refractivity contribution in [2.75, 3.05) is 19.6 Å². The molecule has 118 valence electrons. The standard InChI is InChI=1S/C15H25N3O2S/c1-11-12(2)21-14(20)18(11)9-4-13(19)17-10-15(3)5-7-16-8-6-15/h16H,4-10H2,1-3H3,(H,17,19). The average molecular weight is 311 g/mol. The number of nitrogens with zero attached hydrogens (tertiary/aromatic N) is 1. The number of hydrogen-bond donors (Lipinski definition) is 2. The molecule has 2 heterocycles. The van der Waals surface area contributed by atoms with E-state index in [2.05, 4.69) is 17.6 Å². The predicted octanol–water partition coefficient (Wildman–Crippen LogP) is 1.42. The Hall–Kier alpha value is -1.14. The van der Waals surface area contributed by atoms with Gasteiger partial charge in [0.2, 0.25) is 5.91 Å². The summed E-state index contributed by atoms with van der Waals surface area (Å²) in [6.07, 6.45) is 2.55. The van der Waals surface area contributed by atoms with Gasteiger partial charge in [-0.3, -0.25) is 9.59 Å². The molecule has 0 bridgehead atoms. The lowest BCUT2D eigenvalue weighted by Crippen LogP contribution is -2.43. The molecule has 1 aliphatic rings. The lowest BCUT2D eigenvalue weighted by molar-refractivity contribution is -0.121. The highest BCUT2D eigenvalue weighted by molar-refractivity contribution is 7.09. The van der Waals surface area contributed by atoms with Gasteiger partial charge >= 0.3 is 4.87 Å². The van der Waals surface area contributed by atoms with E-state index in [1.165, 1.54) is 11.3 Å². The van der Waals surface area contributed by atoms with Crippen LogP contribution in [0.5, 0.6) is 0 Å². The van der Waals surface area contributed by atoms with E-state index in [0.717, 1.165) is 43.0 Å². The molecule has 21 heavy (non-hydrogen) atoms. The van der Waals surface area contributed by atoms with Crippen LogP contribution in [0.25, 0.3) is 0 Å². The van der Waals surface area contributed by atoms with Crippen LogP contribution < -0.4 is 15.5 Å². The Bertz CT molecular complexity index is 556. The van der Waals surface area contributed by atoms with Gasteiger partial charge in [-0.15, -0.1) is 0 Å². The second kappa shape index (κ2) is 6.75. The van der Waals surface area contributed by atoms with Crippen LogP contribution in [0, 0.1) is 19.3 Å². The largest absolute Gasteiger partial charge is 0.355 e. The van der Waals surface area contributed by atoms with Crippen LogP contribution in [-0.4, -0.2) is 30.1 Å². The van der Waals surface area contributed by atoms with E-state index in [1.54, 1.807) is 4.57 Å². The van der Waals surface area contributed by atoms with Crippen LogP contribution in [0.1, 0.15) is 36.8 Å². The molecule has 1 aromatic heterocycles. The highest BCUT2D eigenvalue weighted by Gasteiger charge is 2.26.